The van der Waals surface area contributed by atoms with E-state index in [1.54, 1.807) is 11.8 Å². The first-order chi connectivity index (χ1) is 12.2. The van der Waals surface area contributed by atoms with Crippen molar-refractivity contribution in [2.45, 2.75) is 45.6 Å². The van der Waals surface area contributed by atoms with E-state index in [-0.39, 0.29) is 22.7 Å². The molecule has 26 heavy (non-hydrogen) atoms. The number of hydrogen-bond donors (Lipinski definition) is 1. The molecule has 1 N–H and O–H groups in total. The van der Waals surface area contributed by atoms with E-state index in [0.29, 0.717) is 32.7 Å². The van der Waals surface area contributed by atoms with Crippen LogP contribution in [-0.2, 0) is 14.3 Å². The molecule has 5 rings (SSSR count). The average molecular weight is 356 g/mol. The van der Waals surface area contributed by atoms with Gasteiger partial charge in [0.05, 0.1) is 31.7 Å². The first kappa shape index (κ1) is 16.2. The number of carbonyl (C=O) groups is 2. The van der Waals surface area contributed by atoms with Crippen LogP contribution >= 0.6 is 0 Å². The third-order valence-electron chi connectivity index (χ3n) is 6.54. The molecule has 7 nitrogen and oxygen atoms in total. The third-order valence-corrected chi connectivity index (χ3v) is 6.54. The second kappa shape index (κ2) is 4.82. The highest BCUT2D eigenvalue weighted by Gasteiger charge is 2.62. The minimum absolute atomic E-state index is 0.0586. The number of dihydropyridines is 1. The molecule has 7 heteroatoms. The van der Waals surface area contributed by atoms with E-state index in [2.05, 4.69) is 29.4 Å². The molecule has 1 atom stereocenters. The second-order valence-electron chi connectivity index (χ2n) is 9.25. The summed E-state index contributed by atoms with van der Waals surface area (Å²) in [5.74, 6) is 1.09. The van der Waals surface area contributed by atoms with E-state index in [4.69, 9.17) is 4.74 Å². The van der Waals surface area contributed by atoms with Crippen molar-refractivity contribution in [1.82, 2.24) is 10.2 Å². The van der Waals surface area contributed by atoms with Gasteiger partial charge in [-0.15, -0.1) is 5.11 Å². The SMILES string of the molecule is CC(=O)N1CC2(C1)C[C@]1(CO2)C2=C(N=NC2)NC2=C1C(=O)CC(C)(C)C2. The number of hydrogen-bond acceptors (Lipinski definition) is 6. The second-order valence-corrected chi connectivity index (χ2v) is 9.25. The lowest BCUT2D eigenvalue weighted by Crippen LogP contribution is -2.63. The van der Waals surface area contributed by atoms with Gasteiger partial charge in [0.1, 0.15) is 5.60 Å². The number of fused-ring (bicyclic) bond motifs is 2. The van der Waals surface area contributed by atoms with Crippen molar-refractivity contribution in [3.05, 3.63) is 22.7 Å². The molecule has 0 unspecified atom stereocenters. The van der Waals surface area contributed by atoms with Crippen LogP contribution in [0.2, 0.25) is 0 Å². The lowest BCUT2D eigenvalue weighted by molar-refractivity contribution is -0.155. The van der Waals surface area contributed by atoms with Gasteiger partial charge in [0.2, 0.25) is 5.91 Å². The maximum Gasteiger partial charge on any atom is 0.219 e. The summed E-state index contributed by atoms with van der Waals surface area (Å²) in [5.41, 5.74) is 2.14. The Kier molecular flexibility index (Phi) is 3.00. The quantitative estimate of drug-likeness (QED) is 0.719. The molecule has 1 amide bonds. The molecule has 5 aliphatic rings. The summed E-state index contributed by atoms with van der Waals surface area (Å²) in [5, 5.41) is 11.9. The Balaban J connectivity index is 1.56. The molecule has 0 aromatic carbocycles. The van der Waals surface area contributed by atoms with Crippen LogP contribution in [-0.4, -0.2) is 48.4 Å². The Bertz CT molecular complexity index is 832. The van der Waals surface area contributed by atoms with E-state index in [9.17, 15) is 9.59 Å². The fourth-order valence-electron chi connectivity index (χ4n) is 5.43. The molecule has 1 aliphatic carbocycles. The fraction of sp³-hybridized carbons (Fsp3) is 0.684. The van der Waals surface area contributed by atoms with Crippen molar-refractivity contribution in [2.75, 3.05) is 26.2 Å². The summed E-state index contributed by atoms with van der Waals surface area (Å²) in [7, 11) is 0. The number of ketones is 1. The molecule has 0 saturated carbocycles. The molecule has 4 aliphatic heterocycles. The van der Waals surface area contributed by atoms with E-state index >= 15 is 0 Å². The zero-order valence-electron chi connectivity index (χ0n) is 15.5. The number of Topliss-reactive ketones (excluding diaryl/α,β-unsaturated/α-hetero) is 1. The highest BCUT2D eigenvalue weighted by molar-refractivity contribution is 6.00. The van der Waals surface area contributed by atoms with Gasteiger partial charge in [-0.25, -0.2) is 0 Å². The number of allylic oxidation sites excluding steroid dienone is 1. The van der Waals surface area contributed by atoms with Crippen LogP contribution in [0.25, 0.3) is 0 Å². The molecule has 4 heterocycles. The largest absolute Gasteiger partial charge is 0.370 e. The minimum atomic E-state index is -0.435. The molecular weight excluding hydrogens is 332 g/mol. The smallest absolute Gasteiger partial charge is 0.219 e. The summed E-state index contributed by atoms with van der Waals surface area (Å²) in [6.07, 6.45) is 2.12. The third kappa shape index (κ3) is 2.03. The van der Waals surface area contributed by atoms with Crippen molar-refractivity contribution >= 4 is 11.7 Å². The number of nitrogens with zero attached hydrogens (tertiary/aromatic N) is 3. The maximum atomic E-state index is 13.2. The Hall–Kier alpha value is -2.02. The topological polar surface area (TPSA) is 83.4 Å². The maximum absolute atomic E-state index is 13.2. The molecule has 0 bridgehead atoms. The van der Waals surface area contributed by atoms with Crippen LogP contribution in [0.15, 0.2) is 32.9 Å². The lowest BCUT2D eigenvalue weighted by Gasteiger charge is -2.48. The van der Waals surface area contributed by atoms with E-state index in [1.165, 1.54) is 0 Å². The van der Waals surface area contributed by atoms with Gasteiger partial charge in [0, 0.05) is 30.2 Å². The predicted molar refractivity (Wildman–Crippen MR) is 92.9 cm³/mol. The predicted octanol–water partition coefficient (Wildman–Crippen LogP) is 1.92. The summed E-state index contributed by atoms with van der Waals surface area (Å²) in [4.78, 5) is 26.6. The monoisotopic (exact) mass is 356 g/mol. The van der Waals surface area contributed by atoms with Crippen molar-refractivity contribution in [1.29, 1.82) is 0 Å². The van der Waals surface area contributed by atoms with Gasteiger partial charge in [-0.1, -0.05) is 13.8 Å². The highest BCUT2D eigenvalue weighted by Crippen LogP contribution is 2.58. The van der Waals surface area contributed by atoms with Gasteiger partial charge in [0.15, 0.2) is 11.6 Å². The van der Waals surface area contributed by atoms with E-state index in [1.807, 2.05) is 0 Å². The molecule has 0 aromatic heterocycles. The number of likely N-dealkylation sites (tertiary alicyclic amines) is 1. The summed E-state index contributed by atoms with van der Waals surface area (Å²) < 4.78 is 6.28. The number of azo groups is 1. The van der Waals surface area contributed by atoms with Crippen LogP contribution in [0.1, 0.15) is 40.0 Å². The Morgan fingerprint density at radius 3 is 2.77 bits per heavy atom. The Morgan fingerprint density at radius 2 is 2.04 bits per heavy atom. The molecule has 138 valence electrons. The average Bonchev–Trinajstić information content (AvgIpc) is 3.09. The number of nitrogens with one attached hydrogen (secondary N) is 1. The molecule has 2 fully saturated rings. The van der Waals surface area contributed by atoms with Gasteiger partial charge in [-0.05, 0) is 18.3 Å². The lowest BCUT2D eigenvalue weighted by atomic mass is 9.61. The van der Waals surface area contributed by atoms with Gasteiger partial charge in [-0.3, -0.25) is 9.59 Å². The van der Waals surface area contributed by atoms with Crippen LogP contribution < -0.4 is 5.32 Å². The zero-order valence-corrected chi connectivity index (χ0v) is 15.5. The standard InChI is InChI=1S/C19H24N4O3/c1-11(24)23-8-18(9-23)7-19(10-26-18)12-6-20-22-16(12)21-13-4-17(2,3)5-14(25)15(13)19/h21H,4-10H2,1-3H3/t19-/m0/s1. The van der Waals surface area contributed by atoms with Crippen LogP contribution in [0.3, 0.4) is 0 Å². The van der Waals surface area contributed by atoms with Gasteiger partial charge in [-0.2, -0.15) is 5.11 Å². The van der Waals surface area contributed by atoms with Crippen molar-refractivity contribution < 1.29 is 14.3 Å². The molecule has 0 aromatic rings. The van der Waals surface area contributed by atoms with E-state index < -0.39 is 5.41 Å². The van der Waals surface area contributed by atoms with Crippen LogP contribution in [0.4, 0.5) is 0 Å². The molecule has 0 radical (unpaired) electrons. The van der Waals surface area contributed by atoms with Crippen LogP contribution in [0.5, 0.6) is 0 Å². The van der Waals surface area contributed by atoms with Gasteiger partial charge in [0.25, 0.3) is 0 Å². The van der Waals surface area contributed by atoms with Crippen LogP contribution in [0, 0.1) is 10.8 Å². The zero-order chi connectivity index (χ0) is 18.3. The van der Waals surface area contributed by atoms with Gasteiger partial charge >= 0.3 is 0 Å². The summed E-state index contributed by atoms with van der Waals surface area (Å²) in [6, 6.07) is 0. The van der Waals surface area contributed by atoms with Crippen molar-refractivity contribution in [3.8, 4) is 0 Å². The Labute approximate surface area is 152 Å². The van der Waals surface area contributed by atoms with Crippen molar-refractivity contribution in [2.24, 2.45) is 21.1 Å². The first-order valence-electron chi connectivity index (χ1n) is 9.28. The Morgan fingerprint density at radius 1 is 1.27 bits per heavy atom. The number of carbonyl (C=O) groups excluding carboxylic acids is 2. The first-order valence-corrected chi connectivity index (χ1v) is 9.28. The highest BCUT2D eigenvalue weighted by atomic mass is 16.5. The molecule has 2 saturated heterocycles. The fourth-order valence-corrected chi connectivity index (χ4v) is 5.43. The summed E-state index contributed by atoms with van der Waals surface area (Å²) >= 11 is 0. The number of amides is 1. The molecular formula is C19H24N4O3. The van der Waals surface area contributed by atoms with Gasteiger partial charge < -0.3 is 15.0 Å². The van der Waals surface area contributed by atoms with E-state index in [0.717, 1.165) is 35.5 Å². The molecule has 2 spiro atoms. The number of rotatable bonds is 0. The minimum Gasteiger partial charge on any atom is -0.370 e. The van der Waals surface area contributed by atoms with Crippen molar-refractivity contribution in [3.63, 3.8) is 0 Å². The number of ether oxygens (including phenoxy) is 1. The summed E-state index contributed by atoms with van der Waals surface area (Å²) in [6.45, 7) is 8.07. The normalized spacial score (nSPS) is 33.5.